The normalized spacial score (nSPS) is 23.7. The molecule has 29 heavy (non-hydrogen) atoms. The summed E-state index contributed by atoms with van der Waals surface area (Å²) in [5.74, 6) is -0.685. The van der Waals surface area contributed by atoms with Crippen molar-refractivity contribution in [1.82, 2.24) is 0 Å². The molecule has 1 rings (SSSR count). The van der Waals surface area contributed by atoms with Gasteiger partial charge in [0, 0.05) is 5.92 Å². The summed E-state index contributed by atoms with van der Waals surface area (Å²) >= 11 is 0. The van der Waals surface area contributed by atoms with Crippen molar-refractivity contribution in [2.24, 2.45) is 17.8 Å². The van der Waals surface area contributed by atoms with Gasteiger partial charge >= 0.3 is 0 Å². The molecule has 1 fully saturated rings. The molecule has 1 aliphatic rings. The number of hydrogen-bond acceptors (Lipinski definition) is 3. The summed E-state index contributed by atoms with van der Waals surface area (Å²) in [7, 11) is 1.33. The molecule has 1 saturated carbocycles. The van der Waals surface area contributed by atoms with Crippen molar-refractivity contribution >= 4 is 0 Å². The molecule has 0 aliphatic heterocycles. The van der Waals surface area contributed by atoms with Gasteiger partial charge in [-0.25, -0.2) is 8.78 Å². The zero-order valence-electron chi connectivity index (χ0n) is 18.9. The Hall–Kier alpha value is -1.20. The van der Waals surface area contributed by atoms with E-state index in [9.17, 15) is 8.78 Å². The highest BCUT2D eigenvalue weighted by Crippen LogP contribution is 2.32. The van der Waals surface area contributed by atoms with E-state index in [0.29, 0.717) is 24.5 Å². The fourth-order valence-corrected chi connectivity index (χ4v) is 3.85. The standard InChI is InChI=1S/C24H40F2O3/c1-7-9-10-20-11-13-21(14-12-20)16-29-19(5)28-15-17(3)22(8-2)24(26)23(25)18(4)27-6/h7,17,19-21H,1,8-16H2,2-6H3/b23-18-,24-22-. The van der Waals surface area contributed by atoms with Gasteiger partial charge in [-0.3, -0.25) is 0 Å². The lowest BCUT2D eigenvalue weighted by Gasteiger charge is -2.29. The third-order valence-corrected chi connectivity index (χ3v) is 5.96. The summed E-state index contributed by atoms with van der Waals surface area (Å²) < 4.78 is 44.9. The molecule has 0 aromatic rings. The van der Waals surface area contributed by atoms with E-state index in [2.05, 4.69) is 6.58 Å². The molecule has 0 heterocycles. The number of rotatable bonds is 13. The van der Waals surface area contributed by atoms with E-state index in [1.807, 2.05) is 26.8 Å². The summed E-state index contributed by atoms with van der Waals surface area (Å²) in [6, 6.07) is 0. The Balaban J connectivity index is 2.41. The molecule has 3 nitrogen and oxygen atoms in total. The predicted molar refractivity (Wildman–Crippen MR) is 115 cm³/mol. The highest BCUT2D eigenvalue weighted by atomic mass is 19.2. The van der Waals surface area contributed by atoms with Gasteiger partial charge < -0.3 is 14.2 Å². The molecule has 0 amide bonds. The molecule has 0 aromatic carbocycles. The van der Waals surface area contributed by atoms with Crippen molar-refractivity contribution in [3.8, 4) is 0 Å². The van der Waals surface area contributed by atoms with E-state index in [4.69, 9.17) is 14.2 Å². The van der Waals surface area contributed by atoms with Crippen LogP contribution in [0.1, 0.15) is 72.6 Å². The molecule has 0 saturated heterocycles. The van der Waals surface area contributed by atoms with Crippen LogP contribution in [-0.2, 0) is 14.2 Å². The summed E-state index contributed by atoms with van der Waals surface area (Å²) in [6.45, 7) is 11.7. The second-order valence-corrected chi connectivity index (χ2v) is 8.16. The number of ether oxygens (including phenoxy) is 3. The monoisotopic (exact) mass is 414 g/mol. The minimum Gasteiger partial charge on any atom is -0.498 e. The zero-order valence-corrected chi connectivity index (χ0v) is 18.9. The van der Waals surface area contributed by atoms with E-state index in [1.165, 1.54) is 46.1 Å². The van der Waals surface area contributed by atoms with Crippen LogP contribution in [0.25, 0.3) is 0 Å². The topological polar surface area (TPSA) is 27.7 Å². The smallest absolute Gasteiger partial charge is 0.195 e. The second-order valence-electron chi connectivity index (χ2n) is 8.16. The van der Waals surface area contributed by atoms with Crippen LogP contribution < -0.4 is 0 Å². The van der Waals surface area contributed by atoms with Crippen LogP contribution in [0.15, 0.2) is 35.6 Å². The van der Waals surface area contributed by atoms with Gasteiger partial charge in [0.1, 0.15) is 5.76 Å². The Kier molecular flexibility index (Phi) is 12.4. The largest absolute Gasteiger partial charge is 0.498 e. The van der Waals surface area contributed by atoms with Crippen molar-refractivity contribution in [3.05, 3.63) is 35.6 Å². The fourth-order valence-electron chi connectivity index (χ4n) is 3.85. The fraction of sp³-hybridized carbons (Fsp3) is 0.750. The number of hydrogen-bond donors (Lipinski definition) is 0. The maximum Gasteiger partial charge on any atom is 0.195 e. The van der Waals surface area contributed by atoms with Crippen LogP contribution in [0.4, 0.5) is 8.78 Å². The molecule has 168 valence electrons. The lowest BCUT2D eigenvalue weighted by atomic mass is 9.80. The molecule has 0 spiro atoms. The maximum atomic E-state index is 14.4. The van der Waals surface area contributed by atoms with Gasteiger partial charge in [0.15, 0.2) is 17.9 Å². The molecular weight excluding hydrogens is 374 g/mol. The van der Waals surface area contributed by atoms with Gasteiger partial charge in [-0.1, -0.05) is 32.8 Å². The molecule has 1 aliphatic carbocycles. The molecule has 5 heteroatoms. The molecule has 2 atom stereocenters. The molecular formula is C24H40F2O3. The first-order valence-electron chi connectivity index (χ1n) is 11.0. The molecule has 0 aromatic heterocycles. The first-order chi connectivity index (χ1) is 13.8. The summed E-state index contributed by atoms with van der Waals surface area (Å²) in [5, 5.41) is 0. The van der Waals surface area contributed by atoms with Crippen LogP contribution in [0.2, 0.25) is 0 Å². The van der Waals surface area contributed by atoms with E-state index in [-0.39, 0.29) is 24.6 Å². The van der Waals surface area contributed by atoms with Crippen molar-refractivity contribution in [2.45, 2.75) is 78.9 Å². The third kappa shape index (κ3) is 9.00. The molecule has 0 bridgehead atoms. The van der Waals surface area contributed by atoms with Crippen LogP contribution in [-0.4, -0.2) is 26.6 Å². The van der Waals surface area contributed by atoms with Gasteiger partial charge in [0.05, 0.1) is 20.3 Å². The number of methoxy groups -OCH3 is 1. The second kappa shape index (κ2) is 13.9. The van der Waals surface area contributed by atoms with E-state index in [0.717, 1.165) is 12.3 Å². The van der Waals surface area contributed by atoms with Crippen molar-refractivity contribution in [2.75, 3.05) is 20.3 Å². The van der Waals surface area contributed by atoms with Crippen LogP contribution in [0.3, 0.4) is 0 Å². The minimum absolute atomic E-state index is 0.0579. The minimum atomic E-state index is -0.941. The molecule has 2 unspecified atom stereocenters. The SMILES string of the molecule is C=CCCC1CCC(COC(C)OCC(C)/C(CC)=C(F)/C(F)=C(\C)OC)CC1. The van der Waals surface area contributed by atoms with E-state index < -0.39 is 11.7 Å². The lowest BCUT2D eigenvalue weighted by Crippen LogP contribution is -2.24. The lowest BCUT2D eigenvalue weighted by molar-refractivity contribution is -0.145. The highest BCUT2D eigenvalue weighted by Gasteiger charge is 2.22. The average molecular weight is 415 g/mol. The Labute approximate surface area is 176 Å². The van der Waals surface area contributed by atoms with Gasteiger partial charge in [0.25, 0.3) is 0 Å². The highest BCUT2D eigenvalue weighted by molar-refractivity contribution is 5.28. The van der Waals surface area contributed by atoms with Crippen LogP contribution in [0.5, 0.6) is 0 Å². The Bertz CT molecular complexity index is 548. The predicted octanol–water partition coefficient (Wildman–Crippen LogP) is 7.26. The first-order valence-corrected chi connectivity index (χ1v) is 11.0. The Morgan fingerprint density at radius 3 is 2.24 bits per heavy atom. The van der Waals surface area contributed by atoms with Gasteiger partial charge in [-0.2, -0.15) is 0 Å². The van der Waals surface area contributed by atoms with E-state index >= 15 is 0 Å². The first kappa shape index (κ1) is 25.8. The number of halogens is 2. The third-order valence-electron chi connectivity index (χ3n) is 5.96. The average Bonchev–Trinajstić information content (AvgIpc) is 2.74. The molecule has 0 radical (unpaired) electrons. The van der Waals surface area contributed by atoms with Gasteiger partial charge in [0.2, 0.25) is 0 Å². The summed E-state index contributed by atoms with van der Waals surface area (Å²) in [4.78, 5) is 0. The quantitative estimate of drug-likeness (QED) is 0.137. The van der Waals surface area contributed by atoms with Crippen LogP contribution >= 0.6 is 0 Å². The Morgan fingerprint density at radius 1 is 1.07 bits per heavy atom. The molecule has 0 N–H and O–H groups in total. The number of allylic oxidation sites excluding steroid dienone is 4. The summed E-state index contributed by atoms with van der Waals surface area (Å²) in [6.07, 6.45) is 9.32. The maximum absolute atomic E-state index is 14.4. The van der Waals surface area contributed by atoms with Crippen molar-refractivity contribution in [1.29, 1.82) is 0 Å². The van der Waals surface area contributed by atoms with Crippen molar-refractivity contribution < 1.29 is 23.0 Å². The zero-order chi connectivity index (χ0) is 21.8. The van der Waals surface area contributed by atoms with E-state index in [1.54, 1.807) is 0 Å². The summed E-state index contributed by atoms with van der Waals surface area (Å²) in [5.41, 5.74) is 0.393. The van der Waals surface area contributed by atoms with Crippen molar-refractivity contribution in [3.63, 3.8) is 0 Å². The Morgan fingerprint density at radius 2 is 1.69 bits per heavy atom. The van der Waals surface area contributed by atoms with Gasteiger partial charge in [-0.15, -0.1) is 6.58 Å². The van der Waals surface area contributed by atoms with Crippen LogP contribution in [0, 0.1) is 17.8 Å². The van der Waals surface area contributed by atoms with Gasteiger partial charge in [-0.05, 0) is 63.4 Å².